The predicted molar refractivity (Wildman–Crippen MR) is 51.6 cm³/mol. The maximum absolute atomic E-state index is 5.99. The summed E-state index contributed by atoms with van der Waals surface area (Å²) in [5.74, 6) is 0.714. The van der Waals surface area contributed by atoms with E-state index in [9.17, 15) is 0 Å². The van der Waals surface area contributed by atoms with Crippen LogP contribution in [0.5, 0.6) is 0 Å². The van der Waals surface area contributed by atoms with Gasteiger partial charge in [0.25, 0.3) is 0 Å². The molecule has 11 heavy (non-hydrogen) atoms. The average Bonchev–Trinajstić information content (AvgIpc) is 2.00. The van der Waals surface area contributed by atoms with Crippen LogP contribution in [0.25, 0.3) is 0 Å². The van der Waals surface area contributed by atoms with E-state index >= 15 is 0 Å². The Morgan fingerprint density at radius 1 is 1.09 bits per heavy atom. The summed E-state index contributed by atoms with van der Waals surface area (Å²) in [7, 11) is 0. The monoisotopic (exact) mass is 157 g/mol. The van der Waals surface area contributed by atoms with E-state index in [1.165, 1.54) is 32.1 Å². The van der Waals surface area contributed by atoms with E-state index in [0.717, 1.165) is 0 Å². The molecule has 68 valence electrons. The van der Waals surface area contributed by atoms with Crippen molar-refractivity contribution in [3.8, 4) is 0 Å². The summed E-state index contributed by atoms with van der Waals surface area (Å²) in [6, 6.07) is 0.440. The Morgan fingerprint density at radius 3 is 2.18 bits per heavy atom. The summed E-state index contributed by atoms with van der Waals surface area (Å²) in [6.07, 6.45) is 6.31. The SMILES string of the molecule is CCCCC(N)C(C)CCC. The summed E-state index contributed by atoms with van der Waals surface area (Å²) in [5, 5.41) is 0. The Balaban J connectivity index is 3.38. The molecule has 0 aromatic carbocycles. The van der Waals surface area contributed by atoms with Gasteiger partial charge in [-0.25, -0.2) is 0 Å². The Bertz CT molecular complexity index is 80.9. The fraction of sp³-hybridized carbons (Fsp3) is 1.00. The van der Waals surface area contributed by atoms with E-state index in [2.05, 4.69) is 20.8 Å². The molecule has 0 aliphatic carbocycles. The number of rotatable bonds is 6. The van der Waals surface area contributed by atoms with Crippen LogP contribution in [0.4, 0.5) is 0 Å². The Labute approximate surface area is 71.4 Å². The van der Waals surface area contributed by atoms with Crippen LogP contribution in [-0.2, 0) is 0 Å². The molecule has 1 nitrogen and oxygen atoms in total. The quantitative estimate of drug-likeness (QED) is 0.630. The lowest BCUT2D eigenvalue weighted by Gasteiger charge is -2.18. The second-order valence-corrected chi connectivity index (χ2v) is 3.57. The maximum Gasteiger partial charge on any atom is 0.00645 e. The first-order chi connectivity index (χ1) is 5.22. The van der Waals surface area contributed by atoms with Crippen molar-refractivity contribution in [1.82, 2.24) is 0 Å². The minimum atomic E-state index is 0.440. The molecule has 2 atom stereocenters. The molecule has 0 aliphatic heterocycles. The van der Waals surface area contributed by atoms with Crippen molar-refractivity contribution < 1.29 is 0 Å². The molecule has 0 rings (SSSR count). The van der Waals surface area contributed by atoms with E-state index in [-0.39, 0.29) is 0 Å². The smallest absolute Gasteiger partial charge is 0.00645 e. The molecule has 0 heterocycles. The molecule has 0 saturated carbocycles. The van der Waals surface area contributed by atoms with E-state index in [0.29, 0.717) is 12.0 Å². The second-order valence-electron chi connectivity index (χ2n) is 3.57. The van der Waals surface area contributed by atoms with E-state index in [4.69, 9.17) is 5.73 Å². The normalized spacial score (nSPS) is 16.4. The van der Waals surface area contributed by atoms with Crippen LogP contribution in [0.3, 0.4) is 0 Å². The van der Waals surface area contributed by atoms with Crippen molar-refractivity contribution in [2.45, 2.75) is 58.9 Å². The molecule has 0 aromatic rings. The molecule has 0 saturated heterocycles. The summed E-state index contributed by atoms with van der Waals surface area (Å²) in [4.78, 5) is 0. The molecule has 0 aliphatic rings. The molecule has 0 aromatic heterocycles. The van der Waals surface area contributed by atoms with Crippen LogP contribution < -0.4 is 5.73 Å². The van der Waals surface area contributed by atoms with Gasteiger partial charge in [-0.2, -0.15) is 0 Å². The topological polar surface area (TPSA) is 26.0 Å². The van der Waals surface area contributed by atoms with Gasteiger partial charge in [-0.3, -0.25) is 0 Å². The zero-order valence-electron chi connectivity index (χ0n) is 8.27. The number of hydrogen-bond acceptors (Lipinski definition) is 1. The second kappa shape index (κ2) is 6.66. The molecule has 2 N–H and O–H groups in total. The van der Waals surface area contributed by atoms with Crippen LogP contribution in [0.15, 0.2) is 0 Å². The van der Waals surface area contributed by atoms with E-state index < -0.39 is 0 Å². The minimum absolute atomic E-state index is 0.440. The fourth-order valence-electron chi connectivity index (χ4n) is 1.39. The van der Waals surface area contributed by atoms with Gasteiger partial charge < -0.3 is 5.73 Å². The van der Waals surface area contributed by atoms with E-state index in [1.807, 2.05) is 0 Å². The van der Waals surface area contributed by atoms with E-state index in [1.54, 1.807) is 0 Å². The standard InChI is InChI=1S/C10H23N/c1-4-6-8-10(11)9(3)7-5-2/h9-10H,4-8,11H2,1-3H3. The molecule has 0 fully saturated rings. The highest BCUT2D eigenvalue weighted by Gasteiger charge is 2.09. The minimum Gasteiger partial charge on any atom is -0.327 e. The zero-order chi connectivity index (χ0) is 8.69. The van der Waals surface area contributed by atoms with Gasteiger partial charge in [-0.15, -0.1) is 0 Å². The molecule has 0 amide bonds. The van der Waals surface area contributed by atoms with Gasteiger partial charge >= 0.3 is 0 Å². The third-order valence-electron chi connectivity index (χ3n) is 2.37. The summed E-state index contributed by atoms with van der Waals surface area (Å²) in [6.45, 7) is 6.71. The molecular weight excluding hydrogens is 134 g/mol. The zero-order valence-corrected chi connectivity index (χ0v) is 8.27. The van der Waals surface area contributed by atoms with Crippen molar-refractivity contribution >= 4 is 0 Å². The van der Waals surface area contributed by atoms with Crippen molar-refractivity contribution in [2.75, 3.05) is 0 Å². The first-order valence-corrected chi connectivity index (χ1v) is 4.97. The predicted octanol–water partition coefficient (Wildman–Crippen LogP) is 2.94. The van der Waals surface area contributed by atoms with Crippen LogP contribution in [0, 0.1) is 5.92 Å². The lowest BCUT2D eigenvalue weighted by Crippen LogP contribution is -2.27. The largest absolute Gasteiger partial charge is 0.327 e. The van der Waals surface area contributed by atoms with Crippen LogP contribution in [0.2, 0.25) is 0 Å². The molecular formula is C10H23N. The summed E-state index contributed by atoms with van der Waals surface area (Å²) >= 11 is 0. The fourth-order valence-corrected chi connectivity index (χ4v) is 1.39. The number of nitrogens with two attached hydrogens (primary N) is 1. The molecule has 1 heteroatoms. The van der Waals surface area contributed by atoms with Gasteiger partial charge in [0.15, 0.2) is 0 Å². The highest BCUT2D eigenvalue weighted by molar-refractivity contribution is 4.68. The van der Waals surface area contributed by atoms with Crippen molar-refractivity contribution in [1.29, 1.82) is 0 Å². The first kappa shape index (κ1) is 11.0. The first-order valence-electron chi connectivity index (χ1n) is 4.97. The Kier molecular flexibility index (Phi) is 6.63. The third-order valence-corrected chi connectivity index (χ3v) is 2.37. The lowest BCUT2D eigenvalue weighted by atomic mass is 9.94. The molecule has 2 unspecified atom stereocenters. The van der Waals surface area contributed by atoms with Gasteiger partial charge in [0, 0.05) is 6.04 Å². The molecule has 0 radical (unpaired) electrons. The molecule has 0 spiro atoms. The third kappa shape index (κ3) is 5.25. The van der Waals surface area contributed by atoms with Gasteiger partial charge in [0.1, 0.15) is 0 Å². The van der Waals surface area contributed by atoms with Crippen LogP contribution in [-0.4, -0.2) is 6.04 Å². The number of hydrogen-bond donors (Lipinski definition) is 1. The van der Waals surface area contributed by atoms with Crippen LogP contribution >= 0.6 is 0 Å². The Hall–Kier alpha value is -0.0400. The van der Waals surface area contributed by atoms with Gasteiger partial charge in [-0.1, -0.05) is 40.0 Å². The lowest BCUT2D eigenvalue weighted by molar-refractivity contribution is 0.394. The average molecular weight is 157 g/mol. The van der Waals surface area contributed by atoms with Crippen molar-refractivity contribution in [3.05, 3.63) is 0 Å². The van der Waals surface area contributed by atoms with Crippen molar-refractivity contribution in [3.63, 3.8) is 0 Å². The van der Waals surface area contributed by atoms with Crippen LogP contribution in [0.1, 0.15) is 52.9 Å². The number of unbranched alkanes of at least 4 members (excludes halogenated alkanes) is 1. The highest BCUT2D eigenvalue weighted by Crippen LogP contribution is 2.13. The molecule has 0 bridgehead atoms. The summed E-state index contributed by atoms with van der Waals surface area (Å²) < 4.78 is 0. The Morgan fingerprint density at radius 2 is 1.73 bits per heavy atom. The van der Waals surface area contributed by atoms with Gasteiger partial charge in [0.2, 0.25) is 0 Å². The maximum atomic E-state index is 5.99. The van der Waals surface area contributed by atoms with Crippen molar-refractivity contribution in [2.24, 2.45) is 11.7 Å². The van der Waals surface area contributed by atoms with Gasteiger partial charge in [0.05, 0.1) is 0 Å². The van der Waals surface area contributed by atoms with Gasteiger partial charge in [-0.05, 0) is 18.8 Å². The summed E-state index contributed by atoms with van der Waals surface area (Å²) in [5.41, 5.74) is 5.99. The highest BCUT2D eigenvalue weighted by atomic mass is 14.6.